The molecule has 23 heavy (non-hydrogen) atoms. The second-order valence-corrected chi connectivity index (χ2v) is 6.65. The SMILES string of the molecule is Cc1cc2c(c(=O)o1)C(c1ccccc1)Sc1ccccc1N2. The molecule has 1 aliphatic heterocycles. The van der Waals surface area contributed by atoms with E-state index < -0.39 is 0 Å². The minimum Gasteiger partial charge on any atom is -0.428 e. The number of para-hydroxylation sites is 1. The van der Waals surface area contributed by atoms with E-state index in [1.807, 2.05) is 42.5 Å². The second-order valence-electron chi connectivity index (χ2n) is 5.50. The smallest absolute Gasteiger partial charge is 0.342 e. The maximum atomic E-state index is 12.6. The highest BCUT2D eigenvalue weighted by Gasteiger charge is 2.27. The predicted molar refractivity (Wildman–Crippen MR) is 93.6 cm³/mol. The number of hydrogen-bond donors (Lipinski definition) is 1. The molecule has 2 aromatic carbocycles. The summed E-state index contributed by atoms with van der Waals surface area (Å²) in [7, 11) is 0. The number of nitrogens with one attached hydrogen (secondary N) is 1. The van der Waals surface area contributed by atoms with E-state index in [-0.39, 0.29) is 10.9 Å². The normalized spacial score (nSPS) is 16.0. The van der Waals surface area contributed by atoms with Gasteiger partial charge in [0.25, 0.3) is 0 Å². The quantitative estimate of drug-likeness (QED) is 0.693. The highest BCUT2D eigenvalue weighted by atomic mass is 32.2. The molecule has 0 amide bonds. The van der Waals surface area contributed by atoms with Crippen molar-refractivity contribution < 1.29 is 4.42 Å². The fraction of sp³-hybridized carbons (Fsp3) is 0.105. The summed E-state index contributed by atoms with van der Waals surface area (Å²) < 4.78 is 5.37. The molecule has 0 saturated carbocycles. The van der Waals surface area contributed by atoms with Crippen LogP contribution in [-0.2, 0) is 0 Å². The molecule has 0 bridgehead atoms. The third-order valence-electron chi connectivity index (χ3n) is 3.88. The third kappa shape index (κ3) is 2.55. The van der Waals surface area contributed by atoms with Crippen LogP contribution < -0.4 is 10.9 Å². The zero-order valence-corrected chi connectivity index (χ0v) is 13.4. The molecule has 0 spiro atoms. The fourth-order valence-electron chi connectivity index (χ4n) is 2.84. The number of aryl methyl sites for hydroxylation is 1. The van der Waals surface area contributed by atoms with Gasteiger partial charge in [-0.2, -0.15) is 0 Å². The first kappa shape index (κ1) is 14.2. The molecule has 0 fully saturated rings. The summed E-state index contributed by atoms with van der Waals surface area (Å²) in [4.78, 5) is 13.7. The van der Waals surface area contributed by atoms with Crippen LogP contribution in [0, 0.1) is 6.92 Å². The Morgan fingerprint density at radius 2 is 1.74 bits per heavy atom. The van der Waals surface area contributed by atoms with Crippen molar-refractivity contribution in [3.8, 4) is 0 Å². The molecular formula is C19H15NO2S. The standard InChI is InChI=1S/C19H15NO2S/c1-12-11-15-17(19(21)22-12)18(13-7-3-2-4-8-13)23-16-10-6-5-9-14(16)20-15/h2-11,18,20H,1H3. The maximum absolute atomic E-state index is 12.6. The molecule has 0 aliphatic carbocycles. The third-order valence-corrected chi connectivity index (χ3v) is 5.23. The van der Waals surface area contributed by atoms with Gasteiger partial charge in [-0.15, -0.1) is 11.8 Å². The molecule has 4 rings (SSSR count). The van der Waals surface area contributed by atoms with E-state index in [1.54, 1.807) is 18.7 Å². The first-order valence-electron chi connectivity index (χ1n) is 7.44. The summed E-state index contributed by atoms with van der Waals surface area (Å²) in [6, 6.07) is 20.1. The van der Waals surface area contributed by atoms with Gasteiger partial charge >= 0.3 is 5.63 Å². The van der Waals surface area contributed by atoms with Gasteiger partial charge in [-0.05, 0) is 24.6 Å². The van der Waals surface area contributed by atoms with Crippen LogP contribution in [-0.4, -0.2) is 0 Å². The van der Waals surface area contributed by atoms with Crippen LogP contribution in [0.2, 0.25) is 0 Å². The minimum atomic E-state index is -0.276. The van der Waals surface area contributed by atoms with E-state index in [2.05, 4.69) is 23.5 Å². The highest BCUT2D eigenvalue weighted by Crippen LogP contribution is 2.47. The molecular weight excluding hydrogens is 306 g/mol. The van der Waals surface area contributed by atoms with Crippen molar-refractivity contribution in [3.05, 3.63) is 88.0 Å². The van der Waals surface area contributed by atoms with Crippen LogP contribution in [0.25, 0.3) is 0 Å². The Morgan fingerprint density at radius 1 is 1.00 bits per heavy atom. The van der Waals surface area contributed by atoms with Crippen LogP contribution in [0.15, 0.2) is 74.8 Å². The van der Waals surface area contributed by atoms with Crippen LogP contribution in [0.3, 0.4) is 0 Å². The van der Waals surface area contributed by atoms with Crippen molar-refractivity contribution in [1.29, 1.82) is 0 Å². The molecule has 114 valence electrons. The zero-order valence-electron chi connectivity index (χ0n) is 12.6. The molecule has 0 radical (unpaired) electrons. The van der Waals surface area contributed by atoms with Gasteiger partial charge in [-0.3, -0.25) is 0 Å². The van der Waals surface area contributed by atoms with Crippen LogP contribution in [0.4, 0.5) is 11.4 Å². The number of hydrogen-bond acceptors (Lipinski definition) is 4. The number of thioether (sulfide) groups is 1. The molecule has 2 heterocycles. The van der Waals surface area contributed by atoms with Crippen molar-refractivity contribution in [3.63, 3.8) is 0 Å². The van der Waals surface area contributed by atoms with Gasteiger partial charge in [0, 0.05) is 11.0 Å². The average molecular weight is 321 g/mol. The van der Waals surface area contributed by atoms with Crippen molar-refractivity contribution in [1.82, 2.24) is 0 Å². The van der Waals surface area contributed by atoms with Gasteiger partial charge in [0.15, 0.2) is 0 Å². The Balaban J connectivity index is 1.98. The van der Waals surface area contributed by atoms with E-state index >= 15 is 0 Å². The van der Waals surface area contributed by atoms with Crippen LogP contribution in [0.1, 0.15) is 22.1 Å². The topological polar surface area (TPSA) is 42.2 Å². The number of fused-ring (bicyclic) bond motifs is 2. The summed E-state index contributed by atoms with van der Waals surface area (Å²) >= 11 is 1.67. The largest absolute Gasteiger partial charge is 0.428 e. The maximum Gasteiger partial charge on any atom is 0.342 e. The van der Waals surface area contributed by atoms with Gasteiger partial charge < -0.3 is 9.73 Å². The summed E-state index contributed by atoms with van der Waals surface area (Å²) in [5.41, 5.74) is 3.32. The first-order chi connectivity index (χ1) is 11.2. The van der Waals surface area contributed by atoms with E-state index in [0.29, 0.717) is 11.3 Å². The lowest BCUT2D eigenvalue weighted by molar-refractivity contribution is 0.474. The lowest BCUT2D eigenvalue weighted by Gasteiger charge is -2.16. The zero-order chi connectivity index (χ0) is 15.8. The minimum absolute atomic E-state index is 0.0980. The lowest BCUT2D eigenvalue weighted by Crippen LogP contribution is -2.14. The predicted octanol–water partition coefficient (Wildman–Crippen LogP) is 4.89. The molecule has 3 aromatic rings. The Kier molecular flexibility index (Phi) is 3.46. The summed E-state index contributed by atoms with van der Waals surface area (Å²) in [6.45, 7) is 1.80. The molecule has 1 atom stereocenters. The second kappa shape index (κ2) is 5.63. The molecule has 0 saturated heterocycles. The summed E-state index contributed by atoms with van der Waals surface area (Å²) in [6.07, 6.45) is 0. The molecule has 3 nitrogen and oxygen atoms in total. The molecule has 1 unspecified atom stereocenters. The first-order valence-corrected chi connectivity index (χ1v) is 8.32. The highest BCUT2D eigenvalue weighted by molar-refractivity contribution is 8.00. The average Bonchev–Trinajstić information content (AvgIpc) is 2.72. The summed E-state index contributed by atoms with van der Waals surface area (Å²) in [5, 5.41) is 3.31. The van der Waals surface area contributed by atoms with Gasteiger partial charge in [-0.1, -0.05) is 42.5 Å². The van der Waals surface area contributed by atoms with E-state index in [1.165, 1.54) is 0 Å². The lowest BCUT2D eigenvalue weighted by atomic mass is 10.0. The van der Waals surface area contributed by atoms with Gasteiger partial charge in [-0.25, -0.2) is 4.79 Å². The molecule has 1 aliphatic rings. The van der Waals surface area contributed by atoms with Crippen LogP contribution in [0.5, 0.6) is 0 Å². The van der Waals surface area contributed by atoms with Crippen LogP contribution >= 0.6 is 11.8 Å². The monoisotopic (exact) mass is 321 g/mol. The van der Waals surface area contributed by atoms with E-state index in [4.69, 9.17) is 4.42 Å². The Hall–Kier alpha value is -2.46. The summed E-state index contributed by atoms with van der Waals surface area (Å²) in [5.74, 6) is 0.609. The molecule has 1 N–H and O–H groups in total. The fourth-order valence-corrected chi connectivity index (χ4v) is 4.13. The number of rotatable bonds is 1. The van der Waals surface area contributed by atoms with Crippen molar-refractivity contribution in [2.45, 2.75) is 17.1 Å². The molecule has 1 aromatic heterocycles. The van der Waals surface area contributed by atoms with E-state index in [0.717, 1.165) is 21.8 Å². The Labute approximate surface area is 138 Å². The Morgan fingerprint density at radius 3 is 2.57 bits per heavy atom. The van der Waals surface area contributed by atoms with Crippen molar-refractivity contribution in [2.75, 3.05) is 5.32 Å². The van der Waals surface area contributed by atoms with Crippen molar-refractivity contribution in [2.24, 2.45) is 0 Å². The number of benzene rings is 2. The van der Waals surface area contributed by atoms with E-state index in [9.17, 15) is 4.79 Å². The van der Waals surface area contributed by atoms with Gasteiger partial charge in [0.2, 0.25) is 0 Å². The molecule has 4 heteroatoms. The van der Waals surface area contributed by atoms with Gasteiger partial charge in [0.05, 0.1) is 22.2 Å². The van der Waals surface area contributed by atoms with Crippen molar-refractivity contribution >= 4 is 23.1 Å². The van der Waals surface area contributed by atoms with Gasteiger partial charge in [0.1, 0.15) is 5.76 Å². The Bertz CT molecular complexity index is 918. The number of anilines is 2.